The lowest BCUT2D eigenvalue weighted by Gasteiger charge is -2.10. The molecule has 3 heterocycles. The molecule has 0 saturated heterocycles. The summed E-state index contributed by atoms with van der Waals surface area (Å²) in [5, 5.41) is 11.1. The van der Waals surface area contributed by atoms with Crippen LogP contribution in [0.3, 0.4) is 0 Å². The predicted octanol–water partition coefficient (Wildman–Crippen LogP) is 5.11. The highest BCUT2D eigenvalue weighted by Crippen LogP contribution is 2.30. The van der Waals surface area contributed by atoms with E-state index in [1.54, 1.807) is 18.5 Å². The summed E-state index contributed by atoms with van der Waals surface area (Å²) in [5.41, 5.74) is 2.88. The first-order valence-electron chi connectivity index (χ1n) is 9.26. The Morgan fingerprint density at radius 3 is 2.72 bits per heavy atom. The van der Waals surface area contributed by atoms with E-state index in [4.69, 9.17) is 16.0 Å². The first-order valence-corrected chi connectivity index (χ1v) is 10.6. The van der Waals surface area contributed by atoms with Gasteiger partial charge in [0.15, 0.2) is 11.0 Å². The number of benzene rings is 1. The number of aromatic nitrogens is 4. The van der Waals surface area contributed by atoms with Crippen molar-refractivity contribution in [2.24, 2.45) is 0 Å². The van der Waals surface area contributed by atoms with Crippen LogP contribution in [0.4, 0.5) is 0 Å². The Labute approximate surface area is 176 Å². The molecule has 0 N–H and O–H groups in total. The Bertz CT molecular complexity index is 1220. The Kier molecular flexibility index (Phi) is 5.69. The van der Waals surface area contributed by atoms with Crippen LogP contribution in [0, 0.1) is 6.92 Å². The van der Waals surface area contributed by atoms with Crippen LogP contribution in [-0.4, -0.2) is 19.7 Å². The molecule has 0 unspecified atom stereocenters. The lowest BCUT2D eigenvalue weighted by Crippen LogP contribution is -2.03. The maximum atomic E-state index is 12.0. The summed E-state index contributed by atoms with van der Waals surface area (Å²) in [5.74, 6) is 1.37. The Balaban J connectivity index is 1.69. The van der Waals surface area contributed by atoms with Gasteiger partial charge in [0, 0.05) is 46.7 Å². The van der Waals surface area contributed by atoms with Crippen LogP contribution in [0.5, 0.6) is 0 Å². The molecule has 0 aliphatic carbocycles. The maximum Gasteiger partial charge on any atom is 0.336 e. The van der Waals surface area contributed by atoms with Crippen LogP contribution in [0.2, 0.25) is 5.02 Å². The van der Waals surface area contributed by atoms with E-state index in [0.717, 1.165) is 46.0 Å². The van der Waals surface area contributed by atoms with Gasteiger partial charge in [-0.05, 0) is 48.7 Å². The molecule has 0 aliphatic rings. The summed E-state index contributed by atoms with van der Waals surface area (Å²) in [6.45, 7) is 4.80. The molecule has 0 fully saturated rings. The third-order valence-corrected chi connectivity index (χ3v) is 5.99. The molecule has 29 heavy (non-hydrogen) atoms. The van der Waals surface area contributed by atoms with Crippen LogP contribution in [-0.2, 0) is 12.3 Å². The van der Waals surface area contributed by atoms with Crippen LogP contribution < -0.4 is 5.63 Å². The molecule has 6 nitrogen and oxygen atoms in total. The third-order valence-electron chi connectivity index (χ3n) is 4.57. The van der Waals surface area contributed by atoms with Crippen molar-refractivity contribution in [2.45, 2.75) is 37.7 Å². The molecule has 148 valence electrons. The summed E-state index contributed by atoms with van der Waals surface area (Å²) in [6, 6.07) is 9.01. The predicted molar refractivity (Wildman–Crippen MR) is 115 cm³/mol. The smallest absolute Gasteiger partial charge is 0.336 e. The van der Waals surface area contributed by atoms with E-state index in [-0.39, 0.29) is 5.63 Å². The van der Waals surface area contributed by atoms with Gasteiger partial charge in [0.25, 0.3) is 0 Å². The summed E-state index contributed by atoms with van der Waals surface area (Å²) in [7, 11) is 0. The van der Waals surface area contributed by atoms with Gasteiger partial charge in [0.2, 0.25) is 0 Å². The molecule has 0 spiro atoms. The highest BCUT2D eigenvalue weighted by atomic mass is 35.5. The number of rotatable bonds is 6. The van der Waals surface area contributed by atoms with Crippen molar-refractivity contribution in [2.75, 3.05) is 0 Å². The summed E-state index contributed by atoms with van der Waals surface area (Å²) >= 11 is 7.84. The van der Waals surface area contributed by atoms with E-state index in [0.29, 0.717) is 16.4 Å². The number of fused-ring (bicyclic) bond motifs is 1. The van der Waals surface area contributed by atoms with Crippen LogP contribution in [0.25, 0.3) is 22.4 Å². The zero-order valence-electron chi connectivity index (χ0n) is 16.1. The number of pyridine rings is 1. The first kappa shape index (κ1) is 19.7. The lowest BCUT2D eigenvalue weighted by molar-refractivity contribution is 0.559. The molecule has 3 aromatic heterocycles. The highest BCUT2D eigenvalue weighted by molar-refractivity contribution is 7.98. The maximum absolute atomic E-state index is 12.0. The van der Waals surface area contributed by atoms with Gasteiger partial charge in [-0.15, -0.1) is 10.2 Å². The fourth-order valence-electron chi connectivity index (χ4n) is 3.15. The molecule has 0 radical (unpaired) electrons. The standard InChI is InChI=1S/C21H19ClN4O2S/c1-3-8-26-20(14-4-6-23-7-5-14)24-25-21(26)29-12-15-10-19(27)28-18-9-13(2)17(22)11-16(15)18/h4-7,9-11H,3,8,12H2,1-2H3. The van der Waals surface area contributed by atoms with Gasteiger partial charge < -0.3 is 8.98 Å². The van der Waals surface area contributed by atoms with Gasteiger partial charge >= 0.3 is 5.63 Å². The van der Waals surface area contributed by atoms with Crippen LogP contribution in [0.1, 0.15) is 24.5 Å². The number of thioether (sulfide) groups is 1. The second kappa shape index (κ2) is 8.39. The monoisotopic (exact) mass is 426 g/mol. The largest absolute Gasteiger partial charge is 0.423 e. The van der Waals surface area contributed by atoms with Crippen LogP contribution in [0.15, 0.2) is 57.1 Å². The molecule has 0 amide bonds. The Morgan fingerprint density at radius 2 is 1.97 bits per heavy atom. The normalized spacial score (nSPS) is 11.3. The molecule has 0 saturated carbocycles. The average Bonchev–Trinajstić information content (AvgIpc) is 3.11. The fraction of sp³-hybridized carbons (Fsp3) is 0.238. The van der Waals surface area contributed by atoms with Crippen molar-refractivity contribution < 1.29 is 4.42 Å². The van der Waals surface area contributed by atoms with Gasteiger partial charge in [-0.1, -0.05) is 30.3 Å². The second-order valence-corrected chi connectivity index (χ2v) is 8.02. The zero-order chi connectivity index (χ0) is 20.4. The quantitative estimate of drug-likeness (QED) is 0.315. The number of halogens is 1. The summed E-state index contributed by atoms with van der Waals surface area (Å²) in [6.07, 6.45) is 4.44. The minimum absolute atomic E-state index is 0.373. The fourth-order valence-corrected chi connectivity index (χ4v) is 4.26. The molecule has 4 aromatic rings. The molecular formula is C21H19ClN4O2S. The Morgan fingerprint density at radius 1 is 1.17 bits per heavy atom. The van der Waals surface area contributed by atoms with Crippen molar-refractivity contribution in [3.05, 3.63) is 69.3 Å². The zero-order valence-corrected chi connectivity index (χ0v) is 17.6. The molecule has 0 aliphatic heterocycles. The van der Waals surface area contributed by atoms with E-state index in [1.165, 1.54) is 17.8 Å². The SMILES string of the molecule is CCCn1c(SCc2cc(=O)oc3cc(C)c(Cl)cc23)nnc1-c1ccncc1. The molecule has 0 bridgehead atoms. The average molecular weight is 427 g/mol. The lowest BCUT2D eigenvalue weighted by atomic mass is 10.1. The number of aryl methyl sites for hydroxylation is 1. The van der Waals surface area contributed by atoms with E-state index < -0.39 is 0 Å². The van der Waals surface area contributed by atoms with Crippen molar-refractivity contribution in [1.82, 2.24) is 19.7 Å². The van der Waals surface area contributed by atoms with Crippen molar-refractivity contribution in [3.63, 3.8) is 0 Å². The van der Waals surface area contributed by atoms with Gasteiger partial charge in [-0.2, -0.15) is 0 Å². The first-order chi connectivity index (χ1) is 14.1. The minimum atomic E-state index is -0.373. The Hall–Kier alpha value is -2.64. The van der Waals surface area contributed by atoms with E-state index in [1.807, 2.05) is 25.1 Å². The van der Waals surface area contributed by atoms with E-state index in [9.17, 15) is 4.79 Å². The minimum Gasteiger partial charge on any atom is -0.423 e. The van der Waals surface area contributed by atoms with E-state index in [2.05, 4.69) is 26.7 Å². The highest BCUT2D eigenvalue weighted by Gasteiger charge is 2.15. The molecule has 0 atom stereocenters. The number of hydrogen-bond acceptors (Lipinski definition) is 6. The summed E-state index contributed by atoms with van der Waals surface area (Å²) < 4.78 is 7.45. The van der Waals surface area contributed by atoms with Gasteiger partial charge in [-0.3, -0.25) is 4.98 Å². The number of nitrogens with zero attached hydrogens (tertiary/aromatic N) is 4. The number of hydrogen-bond donors (Lipinski definition) is 0. The van der Waals surface area contributed by atoms with Crippen molar-refractivity contribution in [1.29, 1.82) is 0 Å². The second-order valence-electron chi connectivity index (χ2n) is 6.67. The van der Waals surface area contributed by atoms with Crippen molar-refractivity contribution in [3.8, 4) is 11.4 Å². The van der Waals surface area contributed by atoms with Gasteiger partial charge in [-0.25, -0.2) is 4.79 Å². The van der Waals surface area contributed by atoms with Crippen molar-refractivity contribution >= 4 is 34.3 Å². The topological polar surface area (TPSA) is 73.8 Å². The van der Waals surface area contributed by atoms with Gasteiger partial charge in [0.1, 0.15) is 5.58 Å². The third kappa shape index (κ3) is 4.06. The van der Waals surface area contributed by atoms with Gasteiger partial charge in [0.05, 0.1) is 0 Å². The van der Waals surface area contributed by atoms with E-state index >= 15 is 0 Å². The molecular weight excluding hydrogens is 408 g/mol. The summed E-state index contributed by atoms with van der Waals surface area (Å²) in [4.78, 5) is 16.1. The van der Waals surface area contributed by atoms with Crippen LogP contribution >= 0.6 is 23.4 Å². The molecule has 4 rings (SSSR count). The molecule has 1 aromatic carbocycles. The molecule has 8 heteroatoms.